The number of nitrogen functional groups attached to an aromatic ring is 1. The predicted octanol–water partition coefficient (Wildman–Crippen LogP) is 3.59. The molecule has 0 aliphatic carbocycles. The zero-order chi connectivity index (χ0) is 14.9. The smallest absolute Gasteiger partial charge is 0.255 e. The molecule has 7 heteroatoms. The summed E-state index contributed by atoms with van der Waals surface area (Å²) in [5.74, 6) is -3.74. The molecule has 0 saturated heterocycles. The van der Waals surface area contributed by atoms with E-state index in [1.165, 1.54) is 12.1 Å². The molecule has 0 spiro atoms. The number of hydrogen-bond acceptors (Lipinski definition) is 2. The van der Waals surface area contributed by atoms with Crippen LogP contribution in [-0.4, -0.2) is 5.91 Å². The second-order valence-corrected chi connectivity index (χ2v) is 4.37. The van der Waals surface area contributed by atoms with E-state index < -0.39 is 29.0 Å². The maximum absolute atomic E-state index is 13.4. The van der Waals surface area contributed by atoms with E-state index in [1.54, 1.807) is 0 Å². The Morgan fingerprint density at radius 1 is 1.05 bits per heavy atom. The molecule has 0 fully saturated rings. The standard InChI is InChI=1S/C13H8ClF3N2O/c14-7-1-2-8(15)11(5-7)19-13(20)6-3-9(16)12(18)10(17)4-6/h1-5H,18H2,(H,19,20). The van der Waals surface area contributed by atoms with Crippen LogP contribution in [0.15, 0.2) is 30.3 Å². The summed E-state index contributed by atoms with van der Waals surface area (Å²) in [6.07, 6.45) is 0. The first kappa shape index (κ1) is 14.2. The molecule has 0 aromatic heterocycles. The Kier molecular flexibility index (Phi) is 3.85. The number of carbonyl (C=O) groups excluding carboxylic acids is 1. The third-order valence-electron chi connectivity index (χ3n) is 2.52. The Hall–Kier alpha value is -2.21. The highest BCUT2D eigenvalue weighted by atomic mass is 35.5. The molecular formula is C13H8ClF3N2O. The molecular weight excluding hydrogens is 293 g/mol. The van der Waals surface area contributed by atoms with Crippen molar-refractivity contribution in [3.8, 4) is 0 Å². The Balaban J connectivity index is 2.31. The van der Waals surface area contributed by atoms with Crippen LogP contribution in [0.3, 0.4) is 0 Å². The monoisotopic (exact) mass is 300 g/mol. The normalized spacial score (nSPS) is 10.4. The Bertz CT molecular complexity index is 668. The van der Waals surface area contributed by atoms with Crippen molar-refractivity contribution >= 4 is 28.9 Å². The first-order chi connectivity index (χ1) is 9.38. The van der Waals surface area contributed by atoms with Crippen molar-refractivity contribution in [2.75, 3.05) is 11.1 Å². The van der Waals surface area contributed by atoms with Gasteiger partial charge in [0.1, 0.15) is 23.1 Å². The van der Waals surface area contributed by atoms with Gasteiger partial charge in [-0.25, -0.2) is 13.2 Å². The van der Waals surface area contributed by atoms with E-state index in [4.69, 9.17) is 17.3 Å². The van der Waals surface area contributed by atoms with Crippen molar-refractivity contribution in [2.24, 2.45) is 0 Å². The van der Waals surface area contributed by atoms with Crippen LogP contribution in [0.2, 0.25) is 5.02 Å². The van der Waals surface area contributed by atoms with Crippen molar-refractivity contribution in [3.05, 3.63) is 58.4 Å². The summed E-state index contributed by atoms with van der Waals surface area (Å²) in [5.41, 5.74) is 3.88. The molecule has 104 valence electrons. The minimum absolute atomic E-state index is 0.194. The molecule has 2 aromatic rings. The lowest BCUT2D eigenvalue weighted by molar-refractivity contribution is 0.102. The fourth-order valence-electron chi connectivity index (χ4n) is 1.50. The third-order valence-corrected chi connectivity index (χ3v) is 2.75. The van der Waals surface area contributed by atoms with Crippen LogP contribution in [0.1, 0.15) is 10.4 Å². The number of carbonyl (C=O) groups is 1. The van der Waals surface area contributed by atoms with Crippen LogP contribution >= 0.6 is 11.6 Å². The maximum Gasteiger partial charge on any atom is 0.255 e. The summed E-state index contributed by atoms with van der Waals surface area (Å²) in [7, 11) is 0. The number of nitrogens with one attached hydrogen (secondary N) is 1. The summed E-state index contributed by atoms with van der Waals surface area (Å²) >= 11 is 5.66. The van der Waals surface area contributed by atoms with E-state index in [0.717, 1.165) is 18.2 Å². The summed E-state index contributed by atoms with van der Waals surface area (Å²) in [5, 5.41) is 2.37. The molecule has 20 heavy (non-hydrogen) atoms. The summed E-state index contributed by atoms with van der Waals surface area (Å²) < 4.78 is 39.9. The molecule has 0 heterocycles. The van der Waals surface area contributed by atoms with Gasteiger partial charge in [-0.1, -0.05) is 11.6 Å². The van der Waals surface area contributed by atoms with Gasteiger partial charge < -0.3 is 11.1 Å². The third kappa shape index (κ3) is 2.85. The Labute approximate surface area is 117 Å². The van der Waals surface area contributed by atoms with Gasteiger partial charge in [0.25, 0.3) is 5.91 Å². The van der Waals surface area contributed by atoms with Crippen molar-refractivity contribution in [1.82, 2.24) is 0 Å². The molecule has 3 nitrogen and oxygen atoms in total. The average Bonchev–Trinajstić information content (AvgIpc) is 2.39. The highest BCUT2D eigenvalue weighted by Crippen LogP contribution is 2.22. The molecule has 0 aliphatic heterocycles. The molecule has 0 radical (unpaired) electrons. The van der Waals surface area contributed by atoms with E-state index in [2.05, 4.69) is 5.32 Å². The van der Waals surface area contributed by atoms with Gasteiger partial charge in [0.15, 0.2) is 0 Å². The lowest BCUT2D eigenvalue weighted by Gasteiger charge is -2.08. The van der Waals surface area contributed by atoms with E-state index in [1.807, 2.05) is 0 Å². The zero-order valence-electron chi connectivity index (χ0n) is 9.88. The van der Waals surface area contributed by atoms with E-state index in [0.29, 0.717) is 0 Å². The Morgan fingerprint density at radius 3 is 2.25 bits per heavy atom. The van der Waals surface area contributed by atoms with Crippen molar-refractivity contribution < 1.29 is 18.0 Å². The van der Waals surface area contributed by atoms with Crippen LogP contribution in [0.4, 0.5) is 24.5 Å². The van der Waals surface area contributed by atoms with Crippen molar-refractivity contribution in [2.45, 2.75) is 0 Å². The predicted molar refractivity (Wildman–Crippen MR) is 70.1 cm³/mol. The molecule has 0 saturated carbocycles. The summed E-state index contributed by atoms with van der Waals surface area (Å²) in [6, 6.07) is 5.06. The largest absolute Gasteiger partial charge is 0.394 e. The van der Waals surface area contributed by atoms with Gasteiger partial charge in [-0.15, -0.1) is 0 Å². The highest BCUT2D eigenvalue weighted by Gasteiger charge is 2.14. The lowest BCUT2D eigenvalue weighted by atomic mass is 10.1. The highest BCUT2D eigenvalue weighted by molar-refractivity contribution is 6.31. The summed E-state index contributed by atoms with van der Waals surface area (Å²) in [4.78, 5) is 11.8. The quantitative estimate of drug-likeness (QED) is 0.833. The zero-order valence-corrected chi connectivity index (χ0v) is 10.6. The van der Waals surface area contributed by atoms with Crippen LogP contribution in [0.25, 0.3) is 0 Å². The molecule has 0 unspecified atom stereocenters. The fraction of sp³-hybridized carbons (Fsp3) is 0. The van der Waals surface area contributed by atoms with Gasteiger partial charge in [0, 0.05) is 10.6 Å². The van der Waals surface area contributed by atoms with Crippen LogP contribution in [0.5, 0.6) is 0 Å². The van der Waals surface area contributed by atoms with Crippen molar-refractivity contribution in [3.63, 3.8) is 0 Å². The minimum Gasteiger partial charge on any atom is -0.394 e. The number of rotatable bonds is 2. The maximum atomic E-state index is 13.4. The van der Waals surface area contributed by atoms with Crippen LogP contribution in [0, 0.1) is 17.5 Å². The van der Waals surface area contributed by atoms with Crippen LogP contribution < -0.4 is 11.1 Å². The second kappa shape index (κ2) is 5.42. The molecule has 2 aromatic carbocycles. The van der Waals surface area contributed by atoms with Crippen molar-refractivity contribution in [1.29, 1.82) is 0 Å². The number of amides is 1. The van der Waals surface area contributed by atoms with Gasteiger partial charge in [-0.2, -0.15) is 0 Å². The fourth-order valence-corrected chi connectivity index (χ4v) is 1.68. The number of benzene rings is 2. The number of hydrogen-bond donors (Lipinski definition) is 2. The minimum atomic E-state index is -1.07. The van der Waals surface area contributed by atoms with Gasteiger partial charge in [0.2, 0.25) is 0 Å². The lowest BCUT2D eigenvalue weighted by Crippen LogP contribution is -2.14. The molecule has 3 N–H and O–H groups in total. The number of halogens is 4. The molecule has 0 aliphatic rings. The number of anilines is 2. The van der Waals surface area contributed by atoms with Crippen LogP contribution in [-0.2, 0) is 0 Å². The first-order valence-corrected chi connectivity index (χ1v) is 5.77. The first-order valence-electron chi connectivity index (χ1n) is 5.39. The molecule has 1 amide bonds. The van der Waals surface area contributed by atoms with Gasteiger partial charge in [0.05, 0.1) is 5.69 Å². The topological polar surface area (TPSA) is 55.1 Å². The number of nitrogens with two attached hydrogens (primary N) is 1. The van der Waals surface area contributed by atoms with E-state index in [9.17, 15) is 18.0 Å². The average molecular weight is 301 g/mol. The van der Waals surface area contributed by atoms with E-state index in [-0.39, 0.29) is 16.3 Å². The van der Waals surface area contributed by atoms with E-state index >= 15 is 0 Å². The Morgan fingerprint density at radius 2 is 1.65 bits per heavy atom. The SMILES string of the molecule is Nc1c(F)cc(C(=O)Nc2cc(Cl)ccc2F)cc1F. The summed E-state index contributed by atoms with van der Waals surface area (Å²) in [6.45, 7) is 0. The molecule has 0 bridgehead atoms. The second-order valence-electron chi connectivity index (χ2n) is 3.93. The van der Waals surface area contributed by atoms with Gasteiger partial charge in [-0.3, -0.25) is 4.79 Å². The molecule has 2 rings (SSSR count). The molecule has 0 atom stereocenters. The van der Waals surface area contributed by atoms with Gasteiger partial charge in [-0.05, 0) is 30.3 Å². The van der Waals surface area contributed by atoms with Gasteiger partial charge >= 0.3 is 0 Å².